The molecule has 1 heterocycles. The molecule has 0 aromatic rings. The summed E-state index contributed by atoms with van der Waals surface area (Å²) in [4.78, 5) is 13.7. The maximum Gasteiger partial charge on any atom is 0.308 e. The summed E-state index contributed by atoms with van der Waals surface area (Å²) in [6.07, 6.45) is 3.39. The number of nitrogens with one attached hydrogen (secondary N) is 1. The fourth-order valence-corrected chi connectivity index (χ4v) is 2.26. The van der Waals surface area contributed by atoms with Crippen LogP contribution in [0.5, 0.6) is 0 Å². The Morgan fingerprint density at radius 1 is 1.53 bits per heavy atom. The normalized spacial score (nSPS) is 21.3. The Morgan fingerprint density at radius 3 is 2.53 bits per heavy atom. The number of likely N-dealkylation sites (tertiary alicyclic amines) is 1. The lowest BCUT2D eigenvalue weighted by Crippen LogP contribution is -2.48. The topological polar surface area (TPSA) is 41.6 Å². The third-order valence-corrected chi connectivity index (χ3v) is 3.22. The Kier molecular flexibility index (Phi) is 5.05. The van der Waals surface area contributed by atoms with Gasteiger partial charge in [-0.05, 0) is 26.3 Å². The molecule has 0 saturated carbocycles. The van der Waals surface area contributed by atoms with Crippen molar-refractivity contribution in [2.45, 2.75) is 32.4 Å². The number of hydrogen-bond donors (Lipinski definition) is 1. The molecule has 0 aromatic carbocycles. The van der Waals surface area contributed by atoms with Gasteiger partial charge in [0.1, 0.15) is 0 Å². The zero-order chi connectivity index (χ0) is 11.3. The van der Waals surface area contributed by atoms with E-state index in [9.17, 15) is 4.79 Å². The molecule has 0 aliphatic carbocycles. The number of carbonyl (C=O) groups is 1. The average molecular weight is 214 g/mol. The summed E-state index contributed by atoms with van der Waals surface area (Å²) >= 11 is 0. The molecule has 0 aromatic heterocycles. The molecule has 88 valence electrons. The molecule has 1 fully saturated rings. The minimum absolute atomic E-state index is 0.0489. The molecule has 0 bridgehead atoms. The van der Waals surface area contributed by atoms with Crippen molar-refractivity contribution in [2.24, 2.45) is 5.92 Å². The van der Waals surface area contributed by atoms with E-state index in [1.165, 1.54) is 7.11 Å². The summed E-state index contributed by atoms with van der Waals surface area (Å²) in [5.41, 5.74) is 0. The number of esters is 1. The standard InChI is InChI=1S/C11H22N2O2/c1-4-10(12-2)13-7-5-9(6-8-13)11(14)15-3/h9-10,12H,4-8H2,1-3H3. The second kappa shape index (κ2) is 6.08. The van der Waals surface area contributed by atoms with Crippen LogP contribution in [0.2, 0.25) is 0 Å². The van der Waals surface area contributed by atoms with Crippen molar-refractivity contribution in [3.63, 3.8) is 0 Å². The van der Waals surface area contributed by atoms with Crippen molar-refractivity contribution in [1.82, 2.24) is 10.2 Å². The van der Waals surface area contributed by atoms with Crippen LogP contribution in [0.25, 0.3) is 0 Å². The molecular formula is C11H22N2O2. The van der Waals surface area contributed by atoms with E-state index in [-0.39, 0.29) is 11.9 Å². The van der Waals surface area contributed by atoms with Gasteiger partial charge in [0.05, 0.1) is 19.2 Å². The second-order valence-corrected chi connectivity index (χ2v) is 4.05. The van der Waals surface area contributed by atoms with Gasteiger partial charge in [-0.2, -0.15) is 0 Å². The van der Waals surface area contributed by atoms with Crippen LogP contribution < -0.4 is 5.32 Å². The summed E-state index contributed by atoms with van der Waals surface area (Å²) in [6, 6.07) is 0. The number of piperidine rings is 1. The van der Waals surface area contributed by atoms with Crippen LogP contribution in [0.1, 0.15) is 26.2 Å². The van der Waals surface area contributed by atoms with E-state index in [1.807, 2.05) is 7.05 Å². The largest absolute Gasteiger partial charge is 0.469 e. The number of methoxy groups -OCH3 is 1. The Labute approximate surface area is 92.0 Å². The maximum atomic E-state index is 11.3. The van der Waals surface area contributed by atoms with Crippen LogP contribution in [-0.4, -0.2) is 44.3 Å². The second-order valence-electron chi connectivity index (χ2n) is 4.05. The molecular weight excluding hydrogens is 192 g/mol. The summed E-state index contributed by atoms with van der Waals surface area (Å²) in [7, 11) is 3.46. The fraction of sp³-hybridized carbons (Fsp3) is 0.909. The van der Waals surface area contributed by atoms with Gasteiger partial charge in [-0.1, -0.05) is 6.92 Å². The van der Waals surface area contributed by atoms with Crippen LogP contribution in [0.15, 0.2) is 0 Å². The number of nitrogens with zero attached hydrogens (tertiary/aromatic N) is 1. The molecule has 1 unspecified atom stereocenters. The van der Waals surface area contributed by atoms with Crippen molar-refractivity contribution >= 4 is 5.97 Å². The highest BCUT2D eigenvalue weighted by Gasteiger charge is 2.27. The lowest BCUT2D eigenvalue weighted by Gasteiger charge is -2.36. The predicted octanol–water partition coefficient (Wildman–Crippen LogP) is 0.827. The molecule has 15 heavy (non-hydrogen) atoms. The zero-order valence-corrected chi connectivity index (χ0v) is 9.95. The molecule has 1 rings (SSSR count). The Bertz CT molecular complexity index is 197. The number of hydrogen-bond acceptors (Lipinski definition) is 4. The molecule has 1 N–H and O–H groups in total. The summed E-state index contributed by atoms with van der Waals surface area (Å²) in [5, 5.41) is 3.29. The number of ether oxygens (including phenoxy) is 1. The van der Waals surface area contributed by atoms with Gasteiger partial charge in [0, 0.05) is 13.1 Å². The zero-order valence-electron chi connectivity index (χ0n) is 9.95. The van der Waals surface area contributed by atoms with E-state index < -0.39 is 0 Å². The summed E-state index contributed by atoms with van der Waals surface area (Å²) in [5.74, 6) is 0.0627. The number of carbonyl (C=O) groups excluding carboxylic acids is 1. The average Bonchev–Trinajstić information content (AvgIpc) is 2.30. The van der Waals surface area contributed by atoms with Crippen molar-refractivity contribution in [3.05, 3.63) is 0 Å². The van der Waals surface area contributed by atoms with Crippen molar-refractivity contribution in [1.29, 1.82) is 0 Å². The maximum absolute atomic E-state index is 11.3. The van der Waals surface area contributed by atoms with E-state index in [4.69, 9.17) is 4.74 Å². The van der Waals surface area contributed by atoms with Crippen LogP contribution in [0, 0.1) is 5.92 Å². The Morgan fingerprint density at radius 2 is 2.13 bits per heavy atom. The molecule has 1 saturated heterocycles. The third-order valence-electron chi connectivity index (χ3n) is 3.22. The molecule has 4 heteroatoms. The monoisotopic (exact) mass is 214 g/mol. The van der Waals surface area contributed by atoms with E-state index in [0.29, 0.717) is 6.17 Å². The molecule has 0 amide bonds. The minimum Gasteiger partial charge on any atom is -0.469 e. The highest BCUT2D eigenvalue weighted by Crippen LogP contribution is 2.20. The van der Waals surface area contributed by atoms with Gasteiger partial charge in [0.15, 0.2) is 0 Å². The first kappa shape index (κ1) is 12.5. The first-order valence-corrected chi connectivity index (χ1v) is 5.72. The quantitative estimate of drug-likeness (QED) is 0.704. The molecule has 1 aliphatic heterocycles. The molecule has 4 nitrogen and oxygen atoms in total. The first-order chi connectivity index (χ1) is 7.22. The molecule has 1 atom stereocenters. The molecule has 0 radical (unpaired) electrons. The van der Waals surface area contributed by atoms with Crippen LogP contribution in [0.4, 0.5) is 0 Å². The van der Waals surface area contributed by atoms with Crippen molar-refractivity contribution in [2.75, 3.05) is 27.2 Å². The van der Waals surface area contributed by atoms with Gasteiger partial charge >= 0.3 is 5.97 Å². The fourth-order valence-electron chi connectivity index (χ4n) is 2.26. The van der Waals surface area contributed by atoms with Crippen LogP contribution in [0.3, 0.4) is 0 Å². The van der Waals surface area contributed by atoms with E-state index >= 15 is 0 Å². The van der Waals surface area contributed by atoms with Gasteiger partial charge in [-0.25, -0.2) is 0 Å². The van der Waals surface area contributed by atoms with Gasteiger partial charge < -0.3 is 10.1 Å². The van der Waals surface area contributed by atoms with Crippen LogP contribution >= 0.6 is 0 Å². The van der Waals surface area contributed by atoms with Gasteiger partial charge in [0.2, 0.25) is 0 Å². The Balaban J connectivity index is 2.38. The predicted molar refractivity (Wildman–Crippen MR) is 59.5 cm³/mol. The highest BCUT2D eigenvalue weighted by atomic mass is 16.5. The van der Waals surface area contributed by atoms with E-state index in [2.05, 4.69) is 17.1 Å². The van der Waals surface area contributed by atoms with Gasteiger partial charge in [-0.3, -0.25) is 9.69 Å². The smallest absolute Gasteiger partial charge is 0.308 e. The third kappa shape index (κ3) is 3.18. The van der Waals surface area contributed by atoms with E-state index in [0.717, 1.165) is 32.4 Å². The van der Waals surface area contributed by atoms with Crippen LogP contribution in [-0.2, 0) is 9.53 Å². The summed E-state index contributed by atoms with van der Waals surface area (Å²) < 4.78 is 4.76. The SMILES string of the molecule is CCC(NC)N1CCC(C(=O)OC)CC1. The van der Waals surface area contributed by atoms with Gasteiger partial charge in [0.25, 0.3) is 0 Å². The van der Waals surface area contributed by atoms with E-state index in [1.54, 1.807) is 0 Å². The number of rotatable bonds is 4. The minimum atomic E-state index is -0.0489. The molecule has 0 spiro atoms. The Hall–Kier alpha value is -0.610. The highest BCUT2D eigenvalue weighted by molar-refractivity contribution is 5.72. The van der Waals surface area contributed by atoms with Gasteiger partial charge in [-0.15, -0.1) is 0 Å². The van der Waals surface area contributed by atoms with Crippen molar-refractivity contribution in [3.8, 4) is 0 Å². The lowest BCUT2D eigenvalue weighted by molar-refractivity contribution is -0.147. The molecule has 1 aliphatic rings. The summed E-state index contributed by atoms with van der Waals surface area (Å²) in [6.45, 7) is 4.14. The lowest BCUT2D eigenvalue weighted by atomic mass is 9.96. The van der Waals surface area contributed by atoms with Crippen molar-refractivity contribution < 1.29 is 9.53 Å². The first-order valence-electron chi connectivity index (χ1n) is 5.72.